The second-order valence-electron chi connectivity index (χ2n) is 5.13. The number of nitrogens with one attached hydrogen (secondary N) is 1. The van der Waals surface area contributed by atoms with Crippen LogP contribution >= 0.6 is 15.9 Å². The van der Waals surface area contributed by atoms with E-state index < -0.39 is 12.0 Å². The van der Waals surface area contributed by atoms with Crippen LogP contribution in [-0.4, -0.2) is 21.6 Å². The van der Waals surface area contributed by atoms with Crippen LogP contribution in [0.15, 0.2) is 41.0 Å². The summed E-state index contributed by atoms with van der Waals surface area (Å²) >= 11 is 3.32. The van der Waals surface area contributed by atoms with Crippen molar-refractivity contribution in [2.24, 2.45) is 7.05 Å². The Labute approximate surface area is 137 Å². The van der Waals surface area contributed by atoms with Gasteiger partial charge in [-0.05, 0) is 40.0 Å². The minimum atomic E-state index is -0.957. The predicted molar refractivity (Wildman–Crippen MR) is 86.8 cm³/mol. The first-order chi connectivity index (χ1) is 10.4. The van der Waals surface area contributed by atoms with Crippen LogP contribution in [0, 0.1) is 6.92 Å². The van der Waals surface area contributed by atoms with E-state index in [1.165, 1.54) is 0 Å². The summed E-state index contributed by atoms with van der Waals surface area (Å²) in [6.07, 6.45) is 1.61. The number of halogens is 1. The molecule has 2 aromatic rings. The van der Waals surface area contributed by atoms with Crippen molar-refractivity contribution in [1.29, 1.82) is 0 Å². The summed E-state index contributed by atoms with van der Waals surface area (Å²) in [4.78, 5) is 23.5. The molecular formula is C16H17BrN2O3. The maximum absolute atomic E-state index is 12.4. The highest BCUT2D eigenvalue weighted by atomic mass is 79.9. The van der Waals surface area contributed by atoms with E-state index in [0.29, 0.717) is 5.69 Å². The number of carbonyl (C=O) groups is 2. The molecule has 0 saturated heterocycles. The maximum Gasteiger partial charge on any atom is 0.305 e. The second kappa shape index (κ2) is 6.79. The van der Waals surface area contributed by atoms with Gasteiger partial charge in [-0.2, -0.15) is 0 Å². The van der Waals surface area contributed by atoms with Crippen LogP contribution < -0.4 is 5.32 Å². The van der Waals surface area contributed by atoms with Gasteiger partial charge in [-0.3, -0.25) is 9.59 Å². The molecule has 1 heterocycles. The van der Waals surface area contributed by atoms with E-state index in [2.05, 4.69) is 21.2 Å². The number of carboxylic acid groups (broad SMARTS) is 1. The lowest BCUT2D eigenvalue weighted by Crippen LogP contribution is -2.31. The highest BCUT2D eigenvalue weighted by molar-refractivity contribution is 9.10. The average Bonchev–Trinajstić information content (AvgIpc) is 2.77. The zero-order valence-electron chi connectivity index (χ0n) is 12.3. The van der Waals surface area contributed by atoms with Crippen LogP contribution in [-0.2, 0) is 11.8 Å². The third-order valence-electron chi connectivity index (χ3n) is 3.45. The van der Waals surface area contributed by atoms with Crippen molar-refractivity contribution < 1.29 is 14.7 Å². The van der Waals surface area contributed by atoms with Crippen molar-refractivity contribution in [2.75, 3.05) is 0 Å². The highest BCUT2D eigenvalue weighted by Gasteiger charge is 2.21. The number of aliphatic carboxylic acids is 1. The molecule has 0 aliphatic carbocycles. The fourth-order valence-corrected chi connectivity index (χ4v) is 2.90. The fraction of sp³-hybridized carbons (Fsp3) is 0.250. The molecule has 1 aromatic heterocycles. The van der Waals surface area contributed by atoms with Crippen molar-refractivity contribution in [3.05, 3.63) is 57.8 Å². The largest absolute Gasteiger partial charge is 0.481 e. The summed E-state index contributed by atoms with van der Waals surface area (Å²) < 4.78 is 2.49. The lowest BCUT2D eigenvalue weighted by atomic mass is 9.98. The van der Waals surface area contributed by atoms with Crippen molar-refractivity contribution in [2.45, 2.75) is 19.4 Å². The summed E-state index contributed by atoms with van der Waals surface area (Å²) in [6.45, 7) is 1.90. The SMILES string of the molecule is Cc1ccccc1C(CC(=O)O)NC(=O)c1cc(Br)cn1C. The molecule has 0 aliphatic heterocycles. The van der Waals surface area contributed by atoms with Gasteiger partial charge in [-0.1, -0.05) is 24.3 Å². The molecule has 1 atom stereocenters. The first-order valence-corrected chi connectivity index (χ1v) is 7.58. The minimum absolute atomic E-state index is 0.164. The molecule has 22 heavy (non-hydrogen) atoms. The Morgan fingerprint density at radius 1 is 1.36 bits per heavy atom. The maximum atomic E-state index is 12.4. The molecule has 0 saturated carbocycles. The molecule has 0 bridgehead atoms. The van der Waals surface area contributed by atoms with E-state index in [1.54, 1.807) is 23.9 Å². The van der Waals surface area contributed by atoms with Gasteiger partial charge in [0.1, 0.15) is 5.69 Å². The molecule has 2 N–H and O–H groups in total. The minimum Gasteiger partial charge on any atom is -0.481 e. The van der Waals surface area contributed by atoms with Gasteiger partial charge in [0.25, 0.3) is 5.91 Å². The summed E-state index contributed by atoms with van der Waals surface area (Å²) in [5, 5.41) is 11.9. The van der Waals surface area contributed by atoms with Gasteiger partial charge in [0.05, 0.1) is 12.5 Å². The zero-order chi connectivity index (χ0) is 16.3. The van der Waals surface area contributed by atoms with E-state index in [4.69, 9.17) is 5.11 Å². The second-order valence-corrected chi connectivity index (χ2v) is 6.05. The third kappa shape index (κ3) is 3.76. The Kier molecular flexibility index (Phi) is 5.03. The molecule has 1 unspecified atom stereocenters. The standard InChI is InChI=1S/C16H17BrN2O3/c1-10-5-3-4-6-12(10)13(8-15(20)21)18-16(22)14-7-11(17)9-19(14)2/h3-7,9,13H,8H2,1-2H3,(H,18,22)(H,20,21). The molecule has 0 fully saturated rings. The van der Waals surface area contributed by atoms with Crippen molar-refractivity contribution in [3.8, 4) is 0 Å². The van der Waals surface area contributed by atoms with Gasteiger partial charge in [0.2, 0.25) is 0 Å². The van der Waals surface area contributed by atoms with Gasteiger partial charge in [-0.25, -0.2) is 0 Å². The van der Waals surface area contributed by atoms with Crippen LogP contribution in [0.25, 0.3) is 0 Å². The number of hydrogen-bond acceptors (Lipinski definition) is 2. The monoisotopic (exact) mass is 364 g/mol. The predicted octanol–water partition coefficient (Wildman–Crippen LogP) is 3.04. The summed E-state index contributed by atoms with van der Waals surface area (Å²) in [5.74, 6) is -1.26. The summed E-state index contributed by atoms with van der Waals surface area (Å²) in [6, 6.07) is 8.58. The van der Waals surface area contributed by atoms with E-state index in [9.17, 15) is 9.59 Å². The molecule has 0 spiro atoms. The van der Waals surface area contributed by atoms with Crippen LogP contribution in [0.5, 0.6) is 0 Å². The zero-order valence-corrected chi connectivity index (χ0v) is 13.9. The number of aromatic nitrogens is 1. The first kappa shape index (κ1) is 16.3. The number of carbonyl (C=O) groups excluding carboxylic acids is 1. The first-order valence-electron chi connectivity index (χ1n) is 6.78. The number of aryl methyl sites for hydroxylation is 2. The number of amides is 1. The highest BCUT2D eigenvalue weighted by Crippen LogP contribution is 2.22. The van der Waals surface area contributed by atoms with Crippen molar-refractivity contribution in [3.63, 3.8) is 0 Å². The van der Waals surface area contributed by atoms with Crippen LogP contribution in [0.2, 0.25) is 0 Å². The molecular weight excluding hydrogens is 348 g/mol. The summed E-state index contributed by atoms with van der Waals surface area (Å²) in [5.41, 5.74) is 2.23. The van der Waals surface area contributed by atoms with Gasteiger partial charge >= 0.3 is 5.97 Å². The van der Waals surface area contributed by atoms with Crippen molar-refractivity contribution in [1.82, 2.24) is 9.88 Å². The average molecular weight is 365 g/mol. The molecule has 2 rings (SSSR count). The number of carboxylic acids is 1. The summed E-state index contributed by atoms with van der Waals surface area (Å²) in [7, 11) is 1.76. The van der Waals surface area contributed by atoms with Crippen LogP contribution in [0.1, 0.15) is 34.1 Å². The molecule has 116 valence electrons. The van der Waals surface area contributed by atoms with E-state index in [0.717, 1.165) is 15.6 Å². The fourth-order valence-electron chi connectivity index (χ4n) is 2.37. The van der Waals surface area contributed by atoms with Gasteiger partial charge in [0, 0.05) is 17.7 Å². The van der Waals surface area contributed by atoms with E-state index in [-0.39, 0.29) is 12.3 Å². The normalized spacial score (nSPS) is 12.0. The Bertz CT molecular complexity index is 709. The number of benzene rings is 1. The Morgan fingerprint density at radius 2 is 2.05 bits per heavy atom. The molecule has 1 amide bonds. The van der Waals surface area contributed by atoms with E-state index >= 15 is 0 Å². The quantitative estimate of drug-likeness (QED) is 0.856. The molecule has 1 aromatic carbocycles. The Morgan fingerprint density at radius 3 is 2.59 bits per heavy atom. The number of hydrogen-bond donors (Lipinski definition) is 2. The number of rotatable bonds is 5. The van der Waals surface area contributed by atoms with E-state index in [1.807, 2.05) is 31.2 Å². The lowest BCUT2D eigenvalue weighted by molar-refractivity contribution is -0.137. The van der Waals surface area contributed by atoms with Gasteiger partial charge in [0.15, 0.2) is 0 Å². The Balaban J connectivity index is 2.27. The van der Waals surface area contributed by atoms with Gasteiger partial charge < -0.3 is 15.0 Å². The topological polar surface area (TPSA) is 71.3 Å². The number of nitrogens with zero attached hydrogens (tertiary/aromatic N) is 1. The molecule has 5 nitrogen and oxygen atoms in total. The van der Waals surface area contributed by atoms with Crippen LogP contribution in [0.4, 0.5) is 0 Å². The van der Waals surface area contributed by atoms with Crippen molar-refractivity contribution >= 4 is 27.8 Å². The molecule has 6 heteroatoms. The molecule has 0 aliphatic rings. The lowest BCUT2D eigenvalue weighted by Gasteiger charge is -2.19. The van der Waals surface area contributed by atoms with Gasteiger partial charge in [-0.15, -0.1) is 0 Å². The smallest absolute Gasteiger partial charge is 0.305 e. The Hall–Kier alpha value is -2.08. The van der Waals surface area contributed by atoms with Crippen LogP contribution in [0.3, 0.4) is 0 Å². The third-order valence-corrected chi connectivity index (χ3v) is 3.89. The molecule has 0 radical (unpaired) electrons.